The van der Waals surface area contributed by atoms with Crippen LogP contribution in [0.25, 0.3) is 49.4 Å². The molecular formula is C34H25NO3. The summed E-state index contributed by atoms with van der Waals surface area (Å²) in [6.45, 7) is 1.98. The average molecular weight is 496 g/mol. The maximum absolute atomic E-state index is 11.9. The third kappa shape index (κ3) is 2.69. The first-order chi connectivity index (χ1) is 18.5. The van der Waals surface area contributed by atoms with Crippen molar-refractivity contribution in [2.45, 2.75) is 25.7 Å². The zero-order valence-corrected chi connectivity index (χ0v) is 20.9. The molecule has 184 valence electrons. The number of rotatable bonds is 1. The van der Waals surface area contributed by atoms with Crippen LogP contribution >= 0.6 is 0 Å². The highest BCUT2D eigenvalue weighted by Gasteiger charge is 2.35. The first-order valence-electron chi connectivity index (χ1n) is 13.0. The molecule has 1 atom stereocenters. The molecule has 5 aromatic carbocycles. The van der Waals surface area contributed by atoms with Gasteiger partial charge in [-0.05, 0) is 71.2 Å². The molecule has 0 aliphatic heterocycles. The minimum Gasteiger partial charge on any atom is -0.507 e. The molecular weight excluding hydrogens is 470 g/mol. The molecule has 0 radical (unpaired) electrons. The van der Waals surface area contributed by atoms with Crippen LogP contribution in [0.2, 0.25) is 0 Å². The second-order valence-corrected chi connectivity index (χ2v) is 10.6. The topological polar surface area (TPSA) is 79.6 Å². The van der Waals surface area contributed by atoms with Gasteiger partial charge < -0.3 is 20.4 Å². The maximum atomic E-state index is 11.9. The number of furan rings is 1. The lowest BCUT2D eigenvalue weighted by molar-refractivity contribution is 0.463. The number of benzene rings is 5. The van der Waals surface area contributed by atoms with E-state index in [0.717, 1.165) is 51.3 Å². The Kier molecular flexibility index (Phi) is 4.18. The third-order valence-corrected chi connectivity index (χ3v) is 8.54. The number of anilines is 1. The van der Waals surface area contributed by atoms with Crippen LogP contribution < -0.4 is 5.73 Å². The van der Waals surface area contributed by atoms with Crippen molar-refractivity contribution in [1.29, 1.82) is 0 Å². The molecule has 1 unspecified atom stereocenters. The first-order valence-corrected chi connectivity index (χ1v) is 13.0. The van der Waals surface area contributed by atoms with E-state index in [1.807, 2.05) is 49.4 Å². The SMILES string of the molecule is Cc1cc2c(c(O)c1-c1c(N)cc3ccc4c5ccccc5oc4c3c1O)C1Cc3ccccc3C1=CC2. The van der Waals surface area contributed by atoms with Gasteiger partial charge in [-0.15, -0.1) is 0 Å². The number of para-hydroxylation sites is 1. The fourth-order valence-corrected chi connectivity index (χ4v) is 6.92. The summed E-state index contributed by atoms with van der Waals surface area (Å²) >= 11 is 0. The summed E-state index contributed by atoms with van der Waals surface area (Å²) in [6, 6.07) is 24.3. The van der Waals surface area contributed by atoms with Gasteiger partial charge in [-0.25, -0.2) is 0 Å². The van der Waals surface area contributed by atoms with Crippen LogP contribution in [0.1, 0.15) is 33.7 Å². The predicted octanol–water partition coefficient (Wildman–Crippen LogP) is 7.99. The maximum Gasteiger partial charge on any atom is 0.146 e. The number of phenolic OH excluding ortho intramolecular Hbond substituents is 2. The summed E-state index contributed by atoms with van der Waals surface area (Å²) < 4.78 is 6.25. The van der Waals surface area contributed by atoms with Gasteiger partial charge in [-0.3, -0.25) is 0 Å². The normalized spacial score (nSPS) is 16.0. The monoisotopic (exact) mass is 495 g/mol. The summed E-state index contributed by atoms with van der Waals surface area (Å²) in [4.78, 5) is 0. The van der Waals surface area contributed by atoms with E-state index in [2.05, 4.69) is 36.4 Å². The van der Waals surface area contributed by atoms with E-state index >= 15 is 0 Å². The molecule has 6 aromatic rings. The Balaban J connectivity index is 1.40. The Morgan fingerprint density at radius 2 is 1.66 bits per heavy atom. The molecule has 4 N–H and O–H groups in total. The highest BCUT2D eigenvalue weighted by Crippen LogP contribution is 2.55. The van der Waals surface area contributed by atoms with Crippen LogP contribution in [0.4, 0.5) is 5.69 Å². The highest BCUT2D eigenvalue weighted by molar-refractivity contribution is 6.19. The van der Waals surface area contributed by atoms with E-state index in [0.29, 0.717) is 27.8 Å². The fourth-order valence-electron chi connectivity index (χ4n) is 6.92. The lowest BCUT2D eigenvalue weighted by Gasteiger charge is -2.27. The van der Waals surface area contributed by atoms with E-state index in [9.17, 15) is 10.2 Å². The molecule has 0 fully saturated rings. The van der Waals surface area contributed by atoms with E-state index < -0.39 is 0 Å². The van der Waals surface area contributed by atoms with Crippen molar-refractivity contribution in [2.24, 2.45) is 0 Å². The van der Waals surface area contributed by atoms with Gasteiger partial charge in [0.15, 0.2) is 0 Å². The Morgan fingerprint density at radius 3 is 2.55 bits per heavy atom. The van der Waals surface area contributed by atoms with Crippen molar-refractivity contribution >= 4 is 44.0 Å². The molecule has 1 heterocycles. The zero-order valence-electron chi connectivity index (χ0n) is 20.9. The molecule has 1 aromatic heterocycles. The van der Waals surface area contributed by atoms with Crippen molar-refractivity contribution < 1.29 is 14.6 Å². The smallest absolute Gasteiger partial charge is 0.146 e. The molecule has 2 aliphatic rings. The van der Waals surface area contributed by atoms with Gasteiger partial charge in [-0.2, -0.15) is 0 Å². The second kappa shape index (κ2) is 7.42. The number of nitrogens with two attached hydrogens (primary N) is 1. The number of allylic oxidation sites excluding steroid dienone is 2. The minimum absolute atomic E-state index is 0.0317. The molecule has 8 rings (SSSR count). The molecule has 4 nitrogen and oxygen atoms in total. The van der Waals surface area contributed by atoms with Crippen molar-refractivity contribution in [1.82, 2.24) is 0 Å². The van der Waals surface area contributed by atoms with Gasteiger partial charge >= 0.3 is 0 Å². The summed E-state index contributed by atoms with van der Waals surface area (Å²) in [5.74, 6) is 0.326. The Morgan fingerprint density at radius 1 is 0.842 bits per heavy atom. The predicted molar refractivity (Wildman–Crippen MR) is 154 cm³/mol. The summed E-state index contributed by atoms with van der Waals surface area (Å²) in [7, 11) is 0. The molecule has 0 amide bonds. The largest absolute Gasteiger partial charge is 0.507 e. The van der Waals surface area contributed by atoms with Crippen molar-refractivity contribution in [2.75, 3.05) is 5.73 Å². The van der Waals surface area contributed by atoms with Crippen molar-refractivity contribution in [3.8, 4) is 22.6 Å². The molecule has 0 spiro atoms. The summed E-state index contributed by atoms with van der Waals surface area (Å²) in [5, 5.41) is 27.1. The van der Waals surface area contributed by atoms with Gasteiger partial charge in [0.2, 0.25) is 0 Å². The van der Waals surface area contributed by atoms with Gasteiger partial charge in [-0.1, -0.05) is 60.7 Å². The summed E-state index contributed by atoms with van der Waals surface area (Å²) in [5.41, 5.74) is 16.3. The number of aromatic hydroxyl groups is 2. The van der Waals surface area contributed by atoms with E-state index in [4.69, 9.17) is 10.2 Å². The van der Waals surface area contributed by atoms with Gasteiger partial charge in [0.05, 0.1) is 10.9 Å². The zero-order chi connectivity index (χ0) is 25.7. The highest BCUT2D eigenvalue weighted by atomic mass is 16.3. The molecule has 4 heteroatoms. The number of fused-ring (bicyclic) bond motifs is 10. The second-order valence-electron chi connectivity index (χ2n) is 10.6. The van der Waals surface area contributed by atoms with Crippen molar-refractivity contribution in [3.63, 3.8) is 0 Å². The van der Waals surface area contributed by atoms with Crippen LogP contribution in [0.5, 0.6) is 11.5 Å². The summed E-state index contributed by atoms with van der Waals surface area (Å²) in [6.07, 6.45) is 3.92. The third-order valence-electron chi connectivity index (χ3n) is 8.54. The van der Waals surface area contributed by atoms with E-state index in [1.54, 1.807) is 0 Å². The number of nitrogen functional groups attached to an aromatic ring is 1. The fraction of sp³-hybridized carbons (Fsp3) is 0.118. The molecule has 0 saturated carbocycles. The molecule has 2 aliphatic carbocycles. The van der Waals surface area contributed by atoms with E-state index in [1.165, 1.54) is 16.7 Å². The van der Waals surface area contributed by atoms with Crippen molar-refractivity contribution in [3.05, 3.63) is 107 Å². The Bertz CT molecular complexity index is 2030. The van der Waals surface area contributed by atoms with E-state index in [-0.39, 0.29) is 17.4 Å². The average Bonchev–Trinajstić information content (AvgIpc) is 3.48. The molecule has 0 bridgehead atoms. The number of phenols is 2. The number of hydrogen-bond donors (Lipinski definition) is 3. The first kappa shape index (κ1) is 21.4. The number of hydrogen-bond acceptors (Lipinski definition) is 4. The Hall–Kier alpha value is -4.70. The standard InChI is InChI=1S/C34H25NO3/c1-17-14-19-10-12-22-21-7-3-2-6-18(21)15-25(22)29(19)32(36)28(17)31-26(35)16-20-11-13-24-23-8-4-5-9-27(23)38-34(24)30(20)33(31)37/h2-9,11-14,16,25,36-37H,10,15,35H2,1H3. The lowest BCUT2D eigenvalue weighted by atomic mass is 9.78. The molecule has 0 saturated heterocycles. The van der Waals surface area contributed by atoms with Crippen LogP contribution in [-0.4, -0.2) is 10.2 Å². The number of aryl methyl sites for hydroxylation is 1. The van der Waals surface area contributed by atoms with Crippen LogP contribution in [0.15, 0.2) is 83.3 Å². The van der Waals surface area contributed by atoms with Gasteiger partial charge in [0, 0.05) is 33.5 Å². The quantitative estimate of drug-likeness (QED) is 0.202. The van der Waals surface area contributed by atoms with Gasteiger partial charge in [0.25, 0.3) is 0 Å². The minimum atomic E-state index is 0.0317. The lowest BCUT2D eigenvalue weighted by Crippen LogP contribution is -2.09. The van der Waals surface area contributed by atoms with Crippen LogP contribution in [0.3, 0.4) is 0 Å². The van der Waals surface area contributed by atoms with Crippen LogP contribution in [0, 0.1) is 6.92 Å². The molecule has 38 heavy (non-hydrogen) atoms. The Labute approximate surface area is 219 Å². The van der Waals surface area contributed by atoms with Gasteiger partial charge in [0.1, 0.15) is 22.7 Å². The van der Waals surface area contributed by atoms with Crippen LogP contribution in [-0.2, 0) is 12.8 Å².